The van der Waals surface area contributed by atoms with E-state index >= 15 is 0 Å². The number of anilines is 5. The zero-order chi connectivity index (χ0) is 45.3. The van der Waals surface area contributed by atoms with Crippen molar-refractivity contribution in [1.29, 1.82) is 0 Å². The van der Waals surface area contributed by atoms with E-state index in [0.29, 0.717) is 0 Å². The third-order valence-electron chi connectivity index (χ3n) is 14.4. The Kier molecular flexibility index (Phi) is 8.91. The Bertz CT molecular complexity index is 3780. The summed E-state index contributed by atoms with van der Waals surface area (Å²) in [6.45, 7) is 13.8. The van der Waals surface area contributed by atoms with E-state index in [2.05, 4.69) is 239 Å². The predicted molar refractivity (Wildman–Crippen MR) is 294 cm³/mol. The molecular weight excluding hydrogens is 848 g/mol. The summed E-state index contributed by atoms with van der Waals surface area (Å²) in [4.78, 5) is 5.39. The van der Waals surface area contributed by atoms with Crippen LogP contribution < -0.4 is 20.6 Å². The fourth-order valence-corrected chi connectivity index (χ4v) is 13.5. The average molecular weight is 897 g/mol. The average Bonchev–Trinajstić information content (AvgIpc) is 3.92. The van der Waals surface area contributed by atoms with Crippen LogP contribution in [-0.4, -0.2) is 6.85 Å². The van der Waals surface area contributed by atoms with Crippen molar-refractivity contribution >= 4 is 109 Å². The number of nitrogens with zero attached hydrogens (tertiary/aromatic N) is 2. The first-order valence-corrected chi connectivity index (χ1v) is 25.2. The molecule has 2 aromatic heterocycles. The molecule has 0 amide bonds. The molecule has 4 heterocycles. The van der Waals surface area contributed by atoms with Gasteiger partial charge in [0.1, 0.15) is 0 Å². The monoisotopic (exact) mass is 896 g/mol. The van der Waals surface area contributed by atoms with E-state index in [1.54, 1.807) is 0 Å². The molecule has 0 spiro atoms. The molecule has 11 aromatic rings. The zero-order valence-electron chi connectivity index (χ0n) is 38.7. The van der Waals surface area contributed by atoms with E-state index in [-0.39, 0.29) is 17.7 Å². The number of hydrogen-bond donors (Lipinski definition) is 0. The molecule has 0 N–H and O–H groups in total. The van der Waals surface area contributed by atoms with Crippen LogP contribution in [0.3, 0.4) is 0 Å². The maximum Gasteiger partial charge on any atom is 0.334 e. The summed E-state index contributed by atoms with van der Waals surface area (Å²) in [5.74, 6) is 0. The number of fused-ring (bicyclic) bond motifs is 12. The van der Waals surface area contributed by atoms with Gasteiger partial charge < -0.3 is 9.71 Å². The predicted octanol–water partition coefficient (Wildman–Crippen LogP) is 17.1. The van der Waals surface area contributed by atoms with Gasteiger partial charge in [0.25, 0.3) is 0 Å². The molecule has 0 atom stereocenters. The van der Waals surface area contributed by atoms with Gasteiger partial charge in [0.15, 0.2) is 0 Å². The molecule has 0 saturated carbocycles. The lowest BCUT2D eigenvalue weighted by molar-refractivity contribution is 0.590. The number of benzene rings is 9. The summed E-state index contributed by atoms with van der Waals surface area (Å²) in [7, 11) is 0. The third-order valence-corrected chi connectivity index (χ3v) is 16.8. The van der Waals surface area contributed by atoms with Crippen LogP contribution in [0.25, 0.3) is 73.7 Å². The topological polar surface area (TPSA) is 6.48 Å². The van der Waals surface area contributed by atoms with Gasteiger partial charge in [0.2, 0.25) is 0 Å². The van der Waals surface area contributed by atoms with Crippen LogP contribution >= 0.6 is 22.7 Å². The Labute approximate surface area is 401 Å². The minimum atomic E-state index is -0.143. The maximum atomic E-state index is 2.71. The Morgan fingerprint density at radius 1 is 0.388 bits per heavy atom. The molecule has 2 aliphatic rings. The molecule has 67 heavy (non-hydrogen) atoms. The van der Waals surface area contributed by atoms with Crippen LogP contribution in [0.2, 0.25) is 0 Å². The molecule has 9 aromatic carbocycles. The van der Waals surface area contributed by atoms with Gasteiger partial charge in [-0.1, -0.05) is 175 Å². The van der Waals surface area contributed by atoms with Crippen molar-refractivity contribution in [2.24, 2.45) is 0 Å². The summed E-state index contributed by atoms with van der Waals surface area (Å²) in [6, 6.07) is 71.4. The van der Waals surface area contributed by atoms with Crippen molar-refractivity contribution in [3.63, 3.8) is 0 Å². The van der Waals surface area contributed by atoms with Crippen molar-refractivity contribution in [3.05, 3.63) is 199 Å². The largest absolute Gasteiger partial charge is 0.376 e. The van der Waals surface area contributed by atoms with Crippen LogP contribution in [-0.2, 0) is 10.8 Å². The van der Waals surface area contributed by atoms with Gasteiger partial charge >= 0.3 is 6.85 Å². The van der Waals surface area contributed by atoms with E-state index in [9.17, 15) is 0 Å². The Hall–Kier alpha value is -6.92. The molecule has 5 heteroatoms. The minimum Gasteiger partial charge on any atom is -0.376 e. The van der Waals surface area contributed by atoms with E-state index in [1.807, 2.05) is 22.7 Å². The van der Waals surface area contributed by atoms with Crippen molar-refractivity contribution < 1.29 is 0 Å². The van der Waals surface area contributed by atoms with Gasteiger partial charge in [0.05, 0.1) is 16.1 Å². The van der Waals surface area contributed by atoms with Gasteiger partial charge in [0, 0.05) is 63.8 Å². The lowest BCUT2D eigenvalue weighted by atomic mass is 9.43. The van der Waals surface area contributed by atoms with Crippen molar-refractivity contribution in [2.75, 3.05) is 9.71 Å². The first-order chi connectivity index (χ1) is 32.5. The molecular formula is C62H49BN2S2. The molecule has 0 radical (unpaired) electrons. The molecule has 0 unspecified atom stereocenters. The second-order valence-electron chi connectivity index (χ2n) is 20.5. The molecule has 2 aliphatic heterocycles. The van der Waals surface area contributed by atoms with Crippen molar-refractivity contribution in [1.82, 2.24) is 0 Å². The van der Waals surface area contributed by atoms with Crippen LogP contribution in [0.5, 0.6) is 0 Å². The Morgan fingerprint density at radius 2 is 0.985 bits per heavy atom. The highest BCUT2D eigenvalue weighted by Gasteiger charge is 2.48. The second-order valence-corrected chi connectivity index (χ2v) is 22.6. The molecule has 0 saturated heterocycles. The molecule has 0 fully saturated rings. The van der Waals surface area contributed by atoms with E-state index in [0.717, 1.165) is 0 Å². The van der Waals surface area contributed by atoms with Crippen molar-refractivity contribution in [2.45, 2.75) is 52.4 Å². The normalized spacial score (nSPS) is 13.4. The fourth-order valence-electron chi connectivity index (χ4n) is 11.0. The lowest BCUT2D eigenvalue weighted by Crippen LogP contribution is -2.61. The third kappa shape index (κ3) is 6.21. The molecule has 2 nitrogen and oxygen atoms in total. The van der Waals surface area contributed by atoms with Gasteiger partial charge in [-0.15, -0.1) is 22.7 Å². The van der Waals surface area contributed by atoms with E-state index in [1.165, 1.54) is 124 Å². The molecule has 13 rings (SSSR count). The van der Waals surface area contributed by atoms with Crippen LogP contribution in [0.15, 0.2) is 188 Å². The van der Waals surface area contributed by atoms with Crippen molar-refractivity contribution in [3.8, 4) is 33.4 Å². The summed E-state index contributed by atoms with van der Waals surface area (Å²) in [5.41, 5.74) is 18.9. The molecule has 0 bridgehead atoms. The first kappa shape index (κ1) is 40.4. The van der Waals surface area contributed by atoms with Crippen LogP contribution in [0.4, 0.5) is 28.4 Å². The number of thiophene rings is 2. The summed E-state index contributed by atoms with van der Waals surface area (Å²) < 4.78 is 5.28. The Morgan fingerprint density at radius 3 is 1.67 bits per heavy atom. The van der Waals surface area contributed by atoms with Gasteiger partial charge in [-0.2, -0.15) is 0 Å². The second kappa shape index (κ2) is 14.8. The maximum absolute atomic E-state index is 2.71. The highest BCUT2D eigenvalue weighted by Crippen LogP contribution is 2.55. The summed E-state index contributed by atoms with van der Waals surface area (Å²) in [5, 5.41) is 5.23. The molecule has 0 aliphatic carbocycles. The van der Waals surface area contributed by atoms with E-state index < -0.39 is 0 Å². The highest BCUT2D eigenvalue weighted by atomic mass is 32.1. The first-order valence-electron chi connectivity index (χ1n) is 23.5. The lowest BCUT2D eigenvalue weighted by Gasteiger charge is -2.46. The quantitative estimate of drug-likeness (QED) is 0.162. The van der Waals surface area contributed by atoms with Gasteiger partial charge in [-0.25, -0.2) is 0 Å². The molecule has 322 valence electrons. The highest BCUT2D eigenvalue weighted by molar-refractivity contribution is 7.28. The SMILES string of the molecule is CC(C)(C)c1ccc(N2B3c4c(cc5c(sc6ccccc65)c4N(c4ccc(C(C)(C)C)cc4-c4ccccc4)c4ccc5c(sc6ccccc65)c43)-c3ccc(-c4ccccc4)cc32)cc1. The number of rotatable bonds is 4. The van der Waals surface area contributed by atoms with Crippen LogP contribution in [0.1, 0.15) is 52.7 Å². The van der Waals surface area contributed by atoms with Gasteiger partial charge in [-0.05, 0) is 110 Å². The smallest absolute Gasteiger partial charge is 0.334 e. The van der Waals surface area contributed by atoms with Crippen LogP contribution in [0, 0.1) is 0 Å². The summed E-state index contributed by atoms with van der Waals surface area (Å²) in [6.07, 6.45) is 0. The number of hydrogen-bond acceptors (Lipinski definition) is 4. The zero-order valence-corrected chi connectivity index (χ0v) is 40.3. The summed E-state index contributed by atoms with van der Waals surface area (Å²) >= 11 is 3.88. The standard InChI is InChI=1S/C62H49BN2S2/c1-61(2,3)41-26-29-43(30-27-41)65-53-35-40(38-17-9-7-10-18-38)25-31-44(53)49-37-50-46-22-14-16-24-55(46)67-60(50)58-56(49)63(65)57-52(34-32-47-45-21-13-15-23-54(45)66-59(47)57)64(58)51-33-28-42(62(4,5)6)36-48(51)39-19-11-8-12-20-39/h7-37H,1-6H3. The fraction of sp³-hybridized carbons (Fsp3) is 0.129. The van der Waals surface area contributed by atoms with E-state index in [4.69, 9.17) is 0 Å². The van der Waals surface area contributed by atoms with Gasteiger partial charge in [-0.3, -0.25) is 0 Å². The minimum absolute atomic E-state index is 0.0194. The Balaban J connectivity index is 1.22.